The van der Waals surface area contributed by atoms with Crippen molar-refractivity contribution < 1.29 is 14.3 Å². The average Bonchev–Trinajstić information content (AvgIpc) is 3.18. The smallest absolute Gasteiger partial charge is 0.245 e. The monoisotopic (exact) mass is 431 g/mol. The molecule has 1 fully saturated rings. The first kappa shape index (κ1) is 25.2. The third kappa shape index (κ3) is 7.23. The van der Waals surface area contributed by atoms with E-state index in [2.05, 4.69) is 32.6 Å². The Hall–Kier alpha value is -2.08. The van der Waals surface area contributed by atoms with E-state index in [1.54, 1.807) is 11.8 Å². The highest BCUT2D eigenvalue weighted by Crippen LogP contribution is 2.24. The summed E-state index contributed by atoms with van der Waals surface area (Å²) in [7, 11) is 4.06. The number of benzene rings is 1. The van der Waals surface area contributed by atoms with Gasteiger partial charge in [0, 0.05) is 32.1 Å². The molecule has 1 aliphatic heterocycles. The van der Waals surface area contributed by atoms with Gasteiger partial charge in [-0.3, -0.25) is 9.59 Å². The van der Waals surface area contributed by atoms with Crippen LogP contribution < -0.4 is 4.74 Å². The van der Waals surface area contributed by atoms with E-state index >= 15 is 0 Å². The summed E-state index contributed by atoms with van der Waals surface area (Å²) in [6, 6.07) is 7.67. The summed E-state index contributed by atoms with van der Waals surface area (Å²) in [4.78, 5) is 31.3. The van der Waals surface area contributed by atoms with E-state index in [1.165, 1.54) is 0 Å². The fourth-order valence-corrected chi connectivity index (χ4v) is 3.76. The first-order valence-corrected chi connectivity index (χ1v) is 11.5. The molecule has 6 nitrogen and oxygen atoms in total. The highest BCUT2D eigenvalue weighted by atomic mass is 16.5. The zero-order valence-corrected chi connectivity index (χ0v) is 20.5. The molecule has 174 valence electrons. The van der Waals surface area contributed by atoms with Crippen molar-refractivity contribution in [2.45, 2.75) is 72.0 Å². The predicted molar refractivity (Wildman–Crippen MR) is 125 cm³/mol. The maximum Gasteiger partial charge on any atom is 0.245 e. The standard InChI is InChI=1S/C25H41N3O3/c1-19(2)14-16-31-22-12-10-21(11-13-22)17-27(18-25(4,5)26(6)7)24(30)23-9-8-15-28(23)20(3)29/h10-13,19,23H,8-9,14-18H2,1-7H3. The van der Waals surface area contributed by atoms with Crippen LogP contribution in [-0.4, -0.2) is 71.9 Å². The summed E-state index contributed by atoms with van der Waals surface area (Å²) >= 11 is 0. The van der Waals surface area contributed by atoms with E-state index < -0.39 is 0 Å². The molecule has 1 aliphatic rings. The van der Waals surface area contributed by atoms with Gasteiger partial charge in [-0.2, -0.15) is 0 Å². The number of likely N-dealkylation sites (N-methyl/N-ethyl adjacent to an activating group) is 1. The number of ether oxygens (including phenoxy) is 1. The zero-order chi connectivity index (χ0) is 23.2. The summed E-state index contributed by atoms with van der Waals surface area (Å²) in [5, 5.41) is 0. The molecule has 0 N–H and O–H groups in total. The topological polar surface area (TPSA) is 53.1 Å². The van der Waals surface area contributed by atoms with Gasteiger partial charge in [-0.1, -0.05) is 26.0 Å². The van der Waals surface area contributed by atoms with Crippen molar-refractivity contribution in [1.29, 1.82) is 0 Å². The Labute approximate surface area is 188 Å². The van der Waals surface area contributed by atoms with E-state index in [9.17, 15) is 9.59 Å². The number of carbonyl (C=O) groups is 2. The number of carbonyl (C=O) groups excluding carboxylic acids is 2. The van der Waals surface area contributed by atoms with Crippen molar-refractivity contribution >= 4 is 11.8 Å². The van der Waals surface area contributed by atoms with Crippen LogP contribution in [0.5, 0.6) is 5.75 Å². The largest absolute Gasteiger partial charge is 0.494 e. The van der Waals surface area contributed by atoms with Gasteiger partial charge in [0.25, 0.3) is 0 Å². The number of amides is 2. The van der Waals surface area contributed by atoms with Crippen LogP contribution in [0, 0.1) is 5.92 Å². The van der Waals surface area contributed by atoms with Crippen LogP contribution in [0.1, 0.15) is 59.4 Å². The van der Waals surface area contributed by atoms with Gasteiger partial charge in [0.2, 0.25) is 11.8 Å². The van der Waals surface area contributed by atoms with Crippen molar-refractivity contribution in [2.24, 2.45) is 5.92 Å². The normalized spacial score (nSPS) is 16.8. The molecular formula is C25H41N3O3. The molecule has 0 saturated carbocycles. The van der Waals surface area contributed by atoms with Gasteiger partial charge in [-0.15, -0.1) is 0 Å². The molecule has 0 aliphatic carbocycles. The van der Waals surface area contributed by atoms with Crippen LogP contribution in [0.3, 0.4) is 0 Å². The lowest BCUT2D eigenvalue weighted by Gasteiger charge is -2.39. The Morgan fingerprint density at radius 2 is 1.84 bits per heavy atom. The lowest BCUT2D eigenvalue weighted by atomic mass is 10.0. The molecule has 6 heteroatoms. The minimum atomic E-state index is -0.353. The Morgan fingerprint density at radius 3 is 2.39 bits per heavy atom. The lowest BCUT2D eigenvalue weighted by molar-refractivity contribution is -0.144. The SMILES string of the molecule is CC(=O)N1CCCC1C(=O)N(Cc1ccc(OCCC(C)C)cc1)CC(C)(C)N(C)C. The number of likely N-dealkylation sites (tertiary alicyclic amines) is 1. The molecule has 1 aromatic carbocycles. The van der Waals surface area contributed by atoms with Gasteiger partial charge in [0.15, 0.2) is 0 Å². The Balaban J connectivity index is 2.15. The molecule has 2 rings (SSSR count). The fourth-order valence-electron chi connectivity index (χ4n) is 3.76. The Bertz CT molecular complexity index is 728. The van der Waals surface area contributed by atoms with Crippen molar-refractivity contribution in [3.63, 3.8) is 0 Å². The average molecular weight is 432 g/mol. The second kappa shape index (κ2) is 11.0. The van der Waals surface area contributed by atoms with Gasteiger partial charge >= 0.3 is 0 Å². The van der Waals surface area contributed by atoms with Gasteiger partial charge in [0.1, 0.15) is 11.8 Å². The van der Waals surface area contributed by atoms with Crippen molar-refractivity contribution in [3.8, 4) is 5.75 Å². The van der Waals surface area contributed by atoms with Crippen molar-refractivity contribution in [3.05, 3.63) is 29.8 Å². The summed E-state index contributed by atoms with van der Waals surface area (Å²) in [5.41, 5.74) is 0.876. The second-order valence-electron chi connectivity index (χ2n) is 9.95. The first-order valence-electron chi connectivity index (χ1n) is 11.5. The van der Waals surface area contributed by atoms with Crippen LogP contribution in [0.2, 0.25) is 0 Å². The number of nitrogens with zero attached hydrogens (tertiary/aromatic N) is 3. The van der Waals surface area contributed by atoms with Gasteiger partial charge in [-0.05, 0) is 70.8 Å². The molecule has 1 heterocycles. The Morgan fingerprint density at radius 1 is 1.19 bits per heavy atom. The van der Waals surface area contributed by atoms with Crippen LogP contribution in [0.25, 0.3) is 0 Å². The first-order chi connectivity index (χ1) is 14.5. The van der Waals surface area contributed by atoms with Crippen molar-refractivity contribution in [2.75, 3.05) is 33.8 Å². The summed E-state index contributed by atoms with van der Waals surface area (Å²) in [6.07, 6.45) is 2.64. The number of hydrogen-bond acceptors (Lipinski definition) is 4. The zero-order valence-electron chi connectivity index (χ0n) is 20.5. The van der Waals surface area contributed by atoms with Crippen LogP contribution >= 0.6 is 0 Å². The highest BCUT2D eigenvalue weighted by Gasteiger charge is 2.37. The van der Waals surface area contributed by atoms with E-state index in [1.807, 2.05) is 43.3 Å². The third-order valence-corrected chi connectivity index (χ3v) is 6.30. The summed E-state index contributed by atoms with van der Waals surface area (Å²) in [5.74, 6) is 1.49. The number of rotatable bonds is 10. The van der Waals surface area contributed by atoms with E-state index in [-0.39, 0.29) is 23.4 Å². The quantitative estimate of drug-likeness (QED) is 0.566. The molecule has 0 spiro atoms. The van der Waals surface area contributed by atoms with E-state index in [4.69, 9.17) is 4.74 Å². The van der Waals surface area contributed by atoms with Gasteiger partial charge in [-0.25, -0.2) is 0 Å². The van der Waals surface area contributed by atoms with Gasteiger partial charge < -0.3 is 19.4 Å². The molecule has 31 heavy (non-hydrogen) atoms. The molecular weight excluding hydrogens is 390 g/mol. The minimum Gasteiger partial charge on any atom is -0.494 e. The van der Waals surface area contributed by atoms with Gasteiger partial charge in [0.05, 0.1) is 6.61 Å². The molecule has 1 atom stereocenters. The van der Waals surface area contributed by atoms with Crippen molar-refractivity contribution in [1.82, 2.24) is 14.7 Å². The molecule has 1 aromatic rings. The number of hydrogen-bond donors (Lipinski definition) is 0. The predicted octanol–water partition coefficient (Wildman–Crippen LogP) is 3.79. The fraction of sp³-hybridized carbons (Fsp3) is 0.680. The minimum absolute atomic E-state index is 0.0226. The molecule has 0 radical (unpaired) electrons. The van der Waals surface area contributed by atoms with Crippen LogP contribution in [0.15, 0.2) is 24.3 Å². The lowest BCUT2D eigenvalue weighted by Crippen LogP contribution is -2.54. The highest BCUT2D eigenvalue weighted by molar-refractivity contribution is 5.87. The molecule has 2 amide bonds. The summed E-state index contributed by atoms with van der Waals surface area (Å²) < 4.78 is 5.83. The molecule has 0 aromatic heterocycles. The second-order valence-corrected chi connectivity index (χ2v) is 9.95. The molecule has 1 unspecified atom stereocenters. The maximum absolute atomic E-state index is 13.5. The molecule has 0 bridgehead atoms. The third-order valence-electron chi connectivity index (χ3n) is 6.30. The Kier molecular flexibility index (Phi) is 8.92. The van der Waals surface area contributed by atoms with Crippen LogP contribution in [-0.2, 0) is 16.1 Å². The summed E-state index contributed by atoms with van der Waals surface area (Å²) in [6.45, 7) is 12.7. The van der Waals surface area contributed by atoms with E-state index in [0.29, 0.717) is 32.2 Å². The van der Waals surface area contributed by atoms with Crippen LogP contribution in [0.4, 0.5) is 0 Å². The maximum atomic E-state index is 13.5. The molecule has 1 saturated heterocycles. The van der Waals surface area contributed by atoms with E-state index in [0.717, 1.165) is 30.6 Å².